The average Bonchev–Trinajstić information content (AvgIpc) is 3.09. The molecule has 0 saturated carbocycles. The summed E-state index contributed by atoms with van der Waals surface area (Å²) < 4.78 is 12.4. The molecule has 0 aliphatic heterocycles. The van der Waals surface area contributed by atoms with Crippen molar-refractivity contribution in [3.63, 3.8) is 0 Å². The zero-order valence-corrected chi connectivity index (χ0v) is 16.8. The Morgan fingerprint density at radius 2 is 1.24 bits per heavy atom. The van der Waals surface area contributed by atoms with Gasteiger partial charge >= 0.3 is 0 Å². The molecule has 3 rings (SSSR count). The van der Waals surface area contributed by atoms with Gasteiger partial charge in [0.25, 0.3) is 11.8 Å². The molecule has 0 aliphatic rings. The number of benzene rings is 2. The summed E-state index contributed by atoms with van der Waals surface area (Å²) in [5.41, 5.74) is 8.79. The van der Waals surface area contributed by atoms with Crippen molar-refractivity contribution in [1.29, 1.82) is 0 Å². The highest BCUT2D eigenvalue weighted by Gasteiger charge is 2.13. The monoisotopic (exact) mass is 393 g/mol. The largest absolute Gasteiger partial charge is 0.493 e. The van der Waals surface area contributed by atoms with Crippen LogP contribution in [0.4, 0.5) is 0 Å². The Morgan fingerprint density at radius 1 is 0.724 bits per heavy atom. The molecule has 0 spiro atoms. The lowest BCUT2D eigenvalue weighted by molar-refractivity contribution is 0.0846. The minimum Gasteiger partial charge on any atom is -0.493 e. The molecule has 3 aromatic rings. The van der Waals surface area contributed by atoms with Gasteiger partial charge in [-0.15, -0.1) is 0 Å². The summed E-state index contributed by atoms with van der Waals surface area (Å²) in [6.07, 6.45) is 0. The first kappa shape index (κ1) is 20.0. The molecule has 2 amide bonds. The Bertz CT molecular complexity index is 1020. The standard InChI is InChI=1S/C22H23N3O4/c1-14-5-6-15(2)25(14)18-10-7-16(8-11-18)21(26)23-24-22(27)17-9-12-19(28-3)20(13-17)29-4/h5-13H,1-4H3,(H,23,26)(H,24,27). The van der Waals surface area contributed by atoms with Gasteiger partial charge in [0, 0.05) is 28.2 Å². The van der Waals surface area contributed by atoms with Gasteiger partial charge in [-0.3, -0.25) is 20.4 Å². The summed E-state index contributed by atoms with van der Waals surface area (Å²) in [5.74, 6) is 0.0693. The molecular formula is C22H23N3O4. The van der Waals surface area contributed by atoms with Gasteiger partial charge in [0.05, 0.1) is 14.2 Å². The summed E-state index contributed by atoms with van der Waals surface area (Å²) in [4.78, 5) is 24.7. The van der Waals surface area contributed by atoms with Gasteiger partial charge in [-0.1, -0.05) is 0 Å². The second-order valence-electron chi connectivity index (χ2n) is 6.48. The molecule has 7 nitrogen and oxygen atoms in total. The Morgan fingerprint density at radius 3 is 1.79 bits per heavy atom. The number of ether oxygens (including phenoxy) is 2. The Labute approximate surface area is 169 Å². The van der Waals surface area contributed by atoms with Gasteiger partial charge in [-0.2, -0.15) is 0 Å². The van der Waals surface area contributed by atoms with E-state index in [1.807, 2.05) is 38.1 Å². The van der Waals surface area contributed by atoms with E-state index in [0.29, 0.717) is 22.6 Å². The van der Waals surface area contributed by atoms with Crippen molar-refractivity contribution in [2.45, 2.75) is 13.8 Å². The van der Waals surface area contributed by atoms with Gasteiger partial charge in [0.2, 0.25) is 0 Å². The smallest absolute Gasteiger partial charge is 0.269 e. The first-order chi connectivity index (χ1) is 13.9. The maximum atomic E-state index is 12.4. The topological polar surface area (TPSA) is 81.6 Å². The third kappa shape index (κ3) is 4.24. The molecule has 29 heavy (non-hydrogen) atoms. The molecule has 150 valence electrons. The number of carbonyl (C=O) groups excluding carboxylic acids is 2. The minimum absolute atomic E-state index is 0.330. The van der Waals surface area contributed by atoms with E-state index in [4.69, 9.17) is 9.47 Å². The van der Waals surface area contributed by atoms with Crippen molar-refractivity contribution in [1.82, 2.24) is 15.4 Å². The van der Waals surface area contributed by atoms with Crippen molar-refractivity contribution in [2.24, 2.45) is 0 Å². The lowest BCUT2D eigenvalue weighted by Gasteiger charge is -2.12. The van der Waals surface area contributed by atoms with Crippen LogP contribution in [0.3, 0.4) is 0 Å². The molecule has 7 heteroatoms. The summed E-state index contributed by atoms with van der Waals surface area (Å²) >= 11 is 0. The number of amides is 2. The maximum Gasteiger partial charge on any atom is 0.269 e. The van der Waals surface area contributed by atoms with Crippen molar-refractivity contribution >= 4 is 11.8 Å². The van der Waals surface area contributed by atoms with Gasteiger partial charge in [0.1, 0.15) is 0 Å². The number of hydrogen-bond donors (Lipinski definition) is 2. The first-order valence-corrected chi connectivity index (χ1v) is 9.02. The molecule has 0 unspecified atom stereocenters. The normalized spacial score (nSPS) is 10.3. The van der Waals surface area contributed by atoms with Crippen molar-refractivity contribution in [2.75, 3.05) is 14.2 Å². The fourth-order valence-corrected chi connectivity index (χ4v) is 3.07. The summed E-state index contributed by atoms with van der Waals surface area (Å²) in [6, 6.07) is 16.0. The van der Waals surface area contributed by atoms with E-state index < -0.39 is 11.8 Å². The van der Waals surface area contributed by atoms with Gasteiger partial charge in [-0.25, -0.2) is 0 Å². The van der Waals surface area contributed by atoms with E-state index >= 15 is 0 Å². The zero-order valence-electron chi connectivity index (χ0n) is 16.8. The Hall–Kier alpha value is -3.74. The molecule has 0 radical (unpaired) electrons. The molecule has 1 heterocycles. The van der Waals surface area contributed by atoms with Gasteiger partial charge in [0.15, 0.2) is 11.5 Å². The number of rotatable bonds is 5. The summed E-state index contributed by atoms with van der Waals surface area (Å²) in [6.45, 7) is 4.05. The SMILES string of the molecule is COc1ccc(C(=O)NNC(=O)c2ccc(-n3c(C)ccc3C)cc2)cc1OC. The molecule has 0 saturated heterocycles. The molecule has 1 aromatic heterocycles. The average molecular weight is 393 g/mol. The highest BCUT2D eigenvalue weighted by atomic mass is 16.5. The number of hydrazine groups is 1. The van der Waals surface area contributed by atoms with Gasteiger partial charge in [-0.05, 0) is 68.4 Å². The number of carbonyl (C=O) groups is 2. The first-order valence-electron chi connectivity index (χ1n) is 9.02. The van der Waals surface area contributed by atoms with Crippen LogP contribution in [-0.4, -0.2) is 30.6 Å². The van der Waals surface area contributed by atoms with E-state index in [2.05, 4.69) is 15.4 Å². The quantitative estimate of drug-likeness (QED) is 0.653. The van der Waals surface area contributed by atoms with Crippen molar-refractivity contribution in [3.8, 4) is 17.2 Å². The van der Waals surface area contributed by atoms with Crippen LogP contribution >= 0.6 is 0 Å². The summed E-state index contributed by atoms with van der Waals surface area (Å²) in [5, 5.41) is 0. The zero-order chi connectivity index (χ0) is 21.0. The second kappa shape index (κ2) is 8.52. The number of hydrogen-bond acceptors (Lipinski definition) is 4. The number of nitrogens with zero attached hydrogens (tertiary/aromatic N) is 1. The Kier molecular flexibility index (Phi) is 5.87. The molecule has 0 aliphatic carbocycles. The lowest BCUT2D eigenvalue weighted by Crippen LogP contribution is -2.41. The molecule has 0 fully saturated rings. The van der Waals surface area contributed by atoms with Gasteiger partial charge < -0.3 is 14.0 Å². The number of aromatic nitrogens is 1. The van der Waals surface area contributed by atoms with Crippen molar-refractivity contribution < 1.29 is 19.1 Å². The minimum atomic E-state index is -0.463. The maximum absolute atomic E-state index is 12.4. The highest BCUT2D eigenvalue weighted by molar-refractivity contribution is 5.99. The molecule has 0 bridgehead atoms. The number of aryl methyl sites for hydroxylation is 2. The van der Waals surface area contributed by atoms with Crippen LogP contribution in [-0.2, 0) is 0 Å². The third-order valence-corrected chi connectivity index (χ3v) is 4.59. The van der Waals surface area contributed by atoms with Crippen LogP contribution < -0.4 is 20.3 Å². The van der Waals surface area contributed by atoms with Crippen LogP contribution in [0.25, 0.3) is 5.69 Å². The lowest BCUT2D eigenvalue weighted by atomic mass is 10.2. The number of methoxy groups -OCH3 is 2. The molecule has 2 aromatic carbocycles. The van der Waals surface area contributed by atoms with Crippen LogP contribution in [0, 0.1) is 13.8 Å². The Balaban J connectivity index is 1.65. The van der Waals surface area contributed by atoms with Crippen LogP contribution in [0.2, 0.25) is 0 Å². The molecule has 0 atom stereocenters. The van der Waals surface area contributed by atoms with E-state index in [1.54, 1.807) is 24.3 Å². The van der Waals surface area contributed by atoms with Crippen LogP contribution in [0.1, 0.15) is 32.1 Å². The second-order valence-corrected chi connectivity index (χ2v) is 6.48. The van der Waals surface area contributed by atoms with E-state index in [0.717, 1.165) is 17.1 Å². The van der Waals surface area contributed by atoms with E-state index in [9.17, 15) is 9.59 Å². The fraction of sp³-hybridized carbons (Fsp3) is 0.182. The molecule has 2 N–H and O–H groups in total. The van der Waals surface area contributed by atoms with Crippen LogP contribution in [0.5, 0.6) is 11.5 Å². The van der Waals surface area contributed by atoms with Crippen LogP contribution in [0.15, 0.2) is 54.6 Å². The highest BCUT2D eigenvalue weighted by Crippen LogP contribution is 2.27. The number of nitrogens with one attached hydrogen (secondary N) is 2. The summed E-state index contributed by atoms with van der Waals surface area (Å²) in [7, 11) is 3.00. The third-order valence-electron chi connectivity index (χ3n) is 4.59. The van der Waals surface area contributed by atoms with E-state index in [1.165, 1.54) is 20.3 Å². The molecular weight excluding hydrogens is 370 g/mol. The predicted octanol–water partition coefficient (Wildman–Crippen LogP) is 3.19. The van der Waals surface area contributed by atoms with E-state index in [-0.39, 0.29) is 0 Å². The van der Waals surface area contributed by atoms with Crippen molar-refractivity contribution in [3.05, 3.63) is 77.1 Å². The predicted molar refractivity (Wildman–Crippen MR) is 110 cm³/mol. The fourth-order valence-electron chi connectivity index (χ4n) is 3.07.